The van der Waals surface area contributed by atoms with Gasteiger partial charge in [0.2, 0.25) is 10.0 Å². The predicted molar refractivity (Wildman–Crippen MR) is 42.6 cm³/mol. The van der Waals surface area contributed by atoms with Gasteiger partial charge in [-0.1, -0.05) is 0 Å². The summed E-state index contributed by atoms with van der Waals surface area (Å²) in [6.07, 6.45) is -0.0223. The van der Waals surface area contributed by atoms with Crippen molar-refractivity contribution in [3.8, 4) is 0 Å². The minimum absolute atomic E-state index is 0.0223. The maximum absolute atomic E-state index is 10.6. The molecule has 1 unspecified atom stereocenters. The fraction of sp³-hybridized carbons (Fsp3) is 0.800. The van der Waals surface area contributed by atoms with Gasteiger partial charge in [0.15, 0.2) is 0 Å². The van der Waals surface area contributed by atoms with E-state index in [1.807, 2.05) is 0 Å². The lowest BCUT2D eigenvalue weighted by Crippen LogP contribution is -2.34. The molecule has 0 fully saturated rings. The number of esters is 1. The third-order valence-electron chi connectivity index (χ3n) is 1.22. The largest absolute Gasteiger partial charge is 0.468 e. The molecule has 1 atom stereocenters. The average Bonchev–Trinajstić information content (AvgIpc) is 1.97. The van der Waals surface area contributed by atoms with Gasteiger partial charge in [-0.05, 0) is 6.42 Å². The number of primary sulfonamides is 1. The van der Waals surface area contributed by atoms with E-state index in [9.17, 15) is 13.2 Å². The molecule has 0 aromatic rings. The van der Waals surface area contributed by atoms with Gasteiger partial charge in [-0.2, -0.15) is 0 Å². The molecule has 0 aromatic carbocycles. The van der Waals surface area contributed by atoms with Crippen LogP contribution in [0, 0.1) is 0 Å². The molecule has 0 bridgehead atoms. The number of rotatable bonds is 4. The lowest BCUT2D eigenvalue weighted by molar-refractivity contribution is -0.142. The standard InChI is InChI=1S/C5H12N2O4S/c1-11-5(8)4(6)2-3-12(7,9)10/h4H,2-3,6H2,1H3,(H2,7,9,10). The normalized spacial score (nSPS) is 13.9. The molecule has 0 radical (unpaired) electrons. The van der Waals surface area contributed by atoms with Crippen molar-refractivity contribution < 1.29 is 17.9 Å². The average molecular weight is 196 g/mol. The van der Waals surface area contributed by atoms with Gasteiger partial charge in [-0.3, -0.25) is 4.79 Å². The first-order valence-electron chi connectivity index (χ1n) is 3.20. The number of carbonyl (C=O) groups excluding carboxylic acids is 1. The van der Waals surface area contributed by atoms with Gasteiger partial charge in [0.05, 0.1) is 12.9 Å². The Balaban J connectivity index is 3.88. The second kappa shape index (κ2) is 4.39. The van der Waals surface area contributed by atoms with Crippen LogP contribution in [0.15, 0.2) is 0 Å². The predicted octanol–water partition coefficient (Wildman–Crippen LogP) is -1.83. The highest BCUT2D eigenvalue weighted by Crippen LogP contribution is 1.93. The first-order valence-corrected chi connectivity index (χ1v) is 4.92. The van der Waals surface area contributed by atoms with Crippen molar-refractivity contribution in [1.29, 1.82) is 0 Å². The van der Waals surface area contributed by atoms with Crippen molar-refractivity contribution >= 4 is 16.0 Å². The highest BCUT2D eigenvalue weighted by atomic mass is 32.2. The molecule has 72 valence electrons. The molecule has 0 aliphatic heterocycles. The molecule has 0 amide bonds. The molecule has 12 heavy (non-hydrogen) atoms. The maximum Gasteiger partial charge on any atom is 0.322 e. The minimum atomic E-state index is -3.55. The van der Waals surface area contributed by atoms with Gasteiger partial charge in [0, 0.05) is 0 Å². The Morgan fingerprint density at radius 1 is 1.58 bits per heavy atom. The van der Waals surface area contributed by atoms with Gasteiger partial charge < -0.3 is 10.5 Å². The molecule has 6 nitrogen and oxygen atoms in total. The Morgan fingerprint density at radius 2 is 2.08 bits per heavy atom. The number of hydrogen-bond acceptors (Lipinski definition) is 5. The summed E-state index contributed by atoms with van der Waals surface area (Å²) >= 11 is 0. The summed E-state index contributed by atoms with van der Waals surface area (Å²) in [5.41, 5.74) is 5.24. The zero-order valence-corrected chi connectivity index (χ0v) is 7.50. The highest BCUT2D eigenvalue weighted by molar-refractivity contribution is 7.89. The van der Waals surface area contributed by atoms with E-state index in [0.29, 0.717) is 0 Å². The zero-order chi connectivity index (χ0) is 9.78. The third-order valence-corrected chi connectivity index (χ3v) is 2.02. The number of carbonyl (C=O) groups is 1. The third kappa shape index (κ3) is 5.05. The van der Waals surface area contributed by atoms with E-state index in [1.165, 1.54) is 7.11 Å². The minimum Gasteiger partial charge on any atom is -0.468 e. The first-order chi connectivity index (χ1) is 5.37. The van der Waals surface area contributed by atoms with E-state index in [-0.39, 0.29) is 12.2 Å². The van der Waals surface area contributed by atoms with E-state index >= 15 is 0 Å². The second-order valence-electron chi connectivity index (χ2n) is 2.29. The van der Waals surface area contributed by atoms with Crippen molar-refractivity contribution in [2.45, 2.75) is 12.5 Å². The summed E-state index contributed by atoms with van der Waals surface area (Å²) in [4.78, 5) is 10.6. The number of hydrogen-bond donors (Lipinski definition) is 2. The molecule has 0 aliphatic carbocycles. The summed E-state index contributed by atoms with van der Waals surface area (Å²) in [5, 5.41) is 4.69. The zero-order valence-electron chi connectivity index (χ0n) is 6.69. The number of methoxy groups -OCH3 is 1. The summed E-state index contributed by atoms with van der Waals surface area (Å²) in [6.45, 7) is 0. The van der Waals surface area contributed by atoms with Crippen molar-refractivity contribution in [3.63, 3.8) is 0 Å². The van der Waals surface area contributed by atoms with Crippen LogP contribution in [-0.2, 0) is 19.6 Å². The molecule has 0 spiro atoms. The van der Waals surface area contributed by atoms with Crippen LogP contribution in [0.4, 0.5) is 0 Å². The van der Waals surface area contributed by atoms with Gasteiger partial charge in [0.1, 0.15) is 6.04 Å². The summed E-state index contributed by atoms with van der Waals surface area (Å²) < 4.78 is 25.1. The maximum atomic E-state index is 10.6. The topological polar surface area (TPSA) is 112 Å². The Hall–Kier alpha value is -0.660. The van der Waals surface area contributed by atoms with Crippen LogP contribution in [0.25, 0.3) is 0 Å². The van der Waals surface area contributed by atoms with Crippen molar-refractivity contribution in [2.24, 2.45) is 10.9 Å². The smallest absolute Gasteiger partial charge is 0.322 e. The second-order valence-corrected chi connectivity index (χ2v) is 4.02. The fourth-order valence-corrected chi connectivity index (χ4v) is 1.14. The molecule has 0 saturated heterocycles. The molecular formula is C5H12N2O4S. The van der Waals surface area contributed by atoms with Gasteiger partial charge in [-0.15, -0.1) is 0 Å². The molecule has 4 N–H and O–H groups in total. The van der Waals surface area contributed by atoms with Crippen LogP contribution < -0.4 is 10.9 Å². The summed E-state index contributed by atoms with van der Waals surface area (Å²) in [5.74, 6) is -0.956. The lowest BCUT2D eigenvalue weighted by Gasteiger charge is -2.06. The van der Waals surface area contributed by atoms with E-state index < -0.39 is 22.0 Å². The van der Waals surface area contributed by atoms with E-state index in [4.69, 9.17) is 5.73 Å². The quantitative estimate of drug-likeness (QED) is 0.513. The SMILES string of the molecule is COC(=O)C(N)CCS(N)(=O)=O. The highest BCUT2D eigenvalue weighted by Gasteiger charge is 2.15. The Kier molecular flexibility index (Phi) is 4.15. The van der Waals surface area contributed by atoms with Crippen molar-refractivity contribution in [3.05, 3.63) is 0 Å². The summed E-state index contributed by atoms with van der Waals surface area (Å²) in [7, 11) is -2.37. The Morgan fingerprint density at radius 3 is 2.42 bits per heavy atom. The Labute approximate surface area is 70.9 Å². The van der Waals surface area contributed by atoms with E-state index in [1.54, 1.807) is 0 Å². The first kappa shape index (κ1) is 11.3. The van der Waals surface area contributed by atoms with Gasteiger partial charge >= 0.3 is 5.97 Å². The van der Waals surface area contributed by atoms with Crippen LogP contribution >= 0.6 is 0 Å². The van der Waals surface area contributed by atoms with Gasteiger partial charge in [-0.25, -0.2) is 13.6 Å². The number of sulfonamides is 1. The number of ether oxygens (including phenoxy) is 1. The molecule has 0 aromatic heterocycles. The van der Waals surface area contributed by atoms with E-state index in [0.717, 1.165) is 0 Å². The van der Waals surface area contributed by atoms with Crippen LogP contribution in [0.2, 0.25) is 0 Å². The molecule has 0 saturated carbocycles. The van der Waals surface area contributed by atoms with E-state index in [2.05, 4.69) is 9.88 Å². The van der Waals surface area contributed by atoms with Crippen LogP contribution in [-0.4, -0.2) is 33.3 Å². The van der Waals surface area contributed by atoms with Crippen LogP contribution in [0.3, 0.4) is 0 Å². The van der Waals surface area contributed by atoms with Crippen molar-refractivity contribution in [1.82, 2.24) is 0 Å². The van der Waals surface area contributed by atoms with Crippen LogP contribution in [0.1, 0.15) is 6.42 Å². The molecule has 0 heterocycles. The monoisotopic (exact) mass is 196 g/mol. The van der Waals surface area contributed by atoms with Crippen LogP contribution in [0.5, 0.6) is 0 Å². The van der Waals surface area contributed by atoms with Gasteiger partial charge in [0.25, 0.3) is 0 Å². The lowest BCUT2D eigenvalue weighted by atomic mass is 10.2. The Bertz CT molecular complexity index is 248. The van der Waals surface area contributed by atoms with Crippen molar-refractivity contribution in [2.75, 3.05) is 12.9 Å². The molecule has 7 heteroatoms. The molecule has 0 rings (SSSR count). The number of nitrogens with two attached hydrogens (primary N) is 2. The fourth-order valence-electron chi connectivity index (χ4n) is 0.560. The molecule has 0 aliphatic rings. The molecular weight excluding hydrogens is 184 g/mol. The summed E-state index contributed by atoms with van der Waals surface area (Å²) in [6, 6.07) is -0.923.